The maximum absolute atomic E-state index is 15.0. The number of nitrogens with one attached hydrogen (secondary N) is 1. The first kappa shape index (κ1) is 35.9. The fourth-order valence-electron chi connectivity index (χ4n) is 4.65. The van der Waals surface area contributed by atoms with Gasteiger partial charge in [0.1, 0.15) is 17.4 Å². The van der Waals surface area contributed by atoms with Crippen LogP contribution in [0.1, 0.15) is 32.6 Å². The minimum absolute atomic E-state index is 0.0874. The fourth-order valence-corrected chi connectivity index (χ4v) is 4.65. The molecule has 48 heavy (non-hydrogen) atoms. The number of rotatable bonds is 10. The number of benzene rings is 4. The molecule has 4 aromatic rings. The normalized spacial score (nSPS) is 13.6. The lowest BCUT2D eigenvalue weighted by Gasteiger charge is -2.37. The maximum atomic E-state index is 15.0. The summed E-state index contributed by atoms with van der Waals surface area (Å²) < 4.78 is 185. The number of alkyl halides is 10. The van der Waals surface area contributed by atoms with Crippen molar-refractivity contribution in [2.24, 2.45) is 0 Å². The third-order valence-electron chi connectivity index (χ3n) is 6.69. The number of hydrogen-bond acceptors (Lipinski definition) is 3. The Morgan fingerprint density at radius 2 is 1.35 bits per heavy atom. The summed E-state index contributed by atoms with van der Waals surface area (Å²) >= 11 is 0. The second-order valence-electron chi connectivity index (χ2n) is 10.0. The van der Waals surface area contributed by atoms with Gasteiger partial charge in [0.25, 0.3) is 5.91 Å². The van der Waals surface area contributed by atoms with Crippen LogP contribution < -0.4 is 14.8 Å². The van der Waals surface area contributed by atoms with Crippen LogP contribution in [-0.4, -0.2) is 24.8 Å². The van der Waals surface area contributed by atoms with Gasteiger partial charge in [0.15, 0.2) is 11.6 Å². The largest absolute Gasteiger partial charge is 0.573 e. The van der Waals surface area contributed by atoms with Crippen LogP contribution in [0.5, 0.6) is 11.5 Å². The summed E-state index contributed by atoms with van der Waals surface area (Å²) in [5, 5.41) is 2.23. The zero-order chi connectivity index (χ0) is 35.7. The van der Waals surface area contributed by atoms with Gasteiger partial charge in [-0.2, -0.15) is 30.7 Å². The lowest BCUT2D eigenvalue weighted by molar-refractivity contribution is -0.275. The van der Waals surface area contributed by atoms with Gasteiger partial charge >= 0.3 is 25.1 Å². The van der Waals surface area contributed by atoms with Crippen molar-refractivity contribution in [3.05, 3.63) is 130 Å². The smallest absolute Gasteiger partial charge is 0.428 e. The van der Waals surface area contributed by atoms with Gasteiger partial charge in [0, 0.05) is 18.1 Å². The van der Waals surface area contributed by atoms with E-state index in [0.717, 1.165) is 6.07 Å². The molecule has 17 heteroatoms. The zero-order valence-corrected chi connectivity index (χ0v) is 23.5. The van der Waals surface area contributed by atoms with Crippen molar-refractivity contribution >= 4 is 5.91 Å². The molecular formula is C31H18F13NO3. The molecule has 4 aromatic carbocycles. The number of carbonyl (C=O) groups excluding carboxylic acids is 1. The van der Waals surface area contributed by atoms with Crippen molar-refractivity contribution in [3.8, 4) is 11.5 Å². The molecule has 4 nitrogen and oxygen atoms in total. The van der Waals surface area contributed by atoms with E-state index in [1.807, 2.05) is 0 Å². The van der Waals surface area contributed by atoms with Crippen molar-refractivity contribution in [1.82, 2.24) is 5.32 Å². The van der Waals surface area contributed by atoms with E-state index in [9.17, 15) is 57.5 Å². The van der Waals surface area contributed by atoms with E-state index in [0.29, 0.717) is 30.3 Å². The summed E-state index contributed by atoms with van der Waals surface area (Å²) in [6, 6.07) is 10.8. The van der Waals surface area contributed by atoms with E-state index in [2.05, 4.69) is 14.8 Å². The van der Waals surface area contributed by atoms with Crippen LogP contribution in [0, 0.1) is 17.5 Å². The van der Waals surface area contributed by atoms with E-state index >= 15 is 4.39 Å². The summed E-state index contributed by atoms with van der Waals surface area (Å²) in [5.41, 5.74) is -6.50. The number of ether oxygens (including phenoxy) is 2. The maximum Gasteiger partial charge on any atom is 0.573 e. The van der Waals surface area contributed by atoms with Crippen molar-refractivity contribution < 1.29 is 71.3 Å². The number of carbonyl (C=O) groups is 1. The molecule has 0 aliphatic carbocycles. The van der Waals surface area contributed by atoms with Crippen LogP contribution in [-0.2, 0) is 18.1 Å². The summed E-state index contributed by atoms with van der Waals surface area (Å²) in [6.07, 6.45) is -21.1. The molecule has 0 spiro atoms. The highest BCUT2D eigenvalue weighted by Crippen LogP contribution is 2.41. The van der Waals surface area contributed by atoms with Crippen molar-refractivity contribution in [2.75, 3.05) is 0 Å². The fraction of sp³-hybridized carbons (Fsp3) is 0.194. The first-order valence-corrected chi connectivity index (χ1v) is 13.2. The predicted molar refractivity (Wildman–Crippen MR) is 141 cm³/mol. The van der Waals surface area contributed by atoms with E-state index < -0.39 is 94.1 Å². The Labute approximate surface area is 261 Å². The third kappa shape index (κ3) is 8.30. The molecule has 256 valence electrons. The average molecular weight is 699 g/mol. The SMILES string of the molecule is O=C(N[C@](Cc1ccccc1)(c1cc(F)cc(OC(F)(F)C(F)F)c1)c1ccc(F)c(OC(F)(F)F)c1)c1ccc(F)c(C(F)(F)F)c1. The average Bonchev–Trinajstić information content (AvgIpc) is 2.96. The number of hydrogen-bond donors (Lipinski definition) is 1. The topological polar surface area (TPSA) is 47.6 Å². The Hall–Kier alpha value is -4.96. The molecule has 1 atom stereocenters. The van der Waals surface area contributed by atoms with Gasteiger partial charge in [-0.25, -0.2) is 13.2 Å². The molecule has 0 aromatic heterocycles. The van der Waals surface area contributed by atoms with E-state index in [1.54, 1.807) is 0 Å². The molecule has 1 N–H and O–H groups in total. The highest BCUT2D eigenvalue weighted by atomic mass is 19.4. The Balaban J connectivity index is 2.03. The van der Waals surface area contributed by atoms with Crippen molar-refractivity contribution in [2.45, 2.75) is 37.0 Å². The molecule has 1 amide bonds. The minimum Gasteiger partial charge on any atom is -0.428 e. The third-order valence-corrected chi connectivity index (χ3v) is 6.69. The Bertz CT molecular complexity index is 1780. The zero-order valence-electron chi connectivity index (χ0n) is 23.5. The molecule has 0 heterocycles. The van der Waals surface area contributed by atoms with E-state index in [1.165, 1.54) is 30.3 Å². The molecule has 4 rings (SSSR count). The number of halogens is 13. The molecule has 0 aliphatic heterocycles. The molecule has 0 saturated carbocycles. The van der Waals surface area contributed by atoms with Gasteiger partial charge in [-0.3, -0.25) is 4.79 Å². The summed E-state index contributed by atoms with van der Waals surface area (Å²) in [7, 11) is 0. The van der Waals surface area contributed by atoms with Crippen molar-refractivity contribution in [3.63, 3.8) is 0 Å². The van der Waals surface area contributed by atoms with Crippen molar-refractivity contribution in [1.29, 1.82) is 0 Å². The lowest BCUT2D eigenvalue weighted by atomic mass is 9.77. The number of amides is 1. The van der Waals surface area contributed by atoms with Crippen LogP contribution >= 0.6 is 0 Å². The Morgan fingerprint density at radius 1 is 0.708 bits per heavy atom. The predicted octanol–water partition coefficient (Wildman–Crippen LogP) is 9.17. The Kier molecular flexibility index (Phi) is 9.92. The Morgan fingerprint density at radius 3 is 1.96 bits per heavy atom. The molecule has 0 aliphatic rings. The van der Waals surface area contributed by atoms with Gasteiger partial charge in [-0.1, -0.05) is 36.4 Å². The molecule has 0 unspecified atom stereocenters. The molecule has 0 bridgehead atoms. The standard InChI is InChI=1S/C31H18F13NO3/c32-20-11-19(12-21(14-20)47-30(40,41)27(35)36)28(15-16-4-2-1-3-5-16,18-7-9-24(34)25(13-18)48-31(42,43)44)45-26(46)17-6-8-23(33)22(10-17)29(37,38)39/h1-14,27H,15H2,(H,45,46)/t28-/m0/s1. The highest BCUT2D eigenvalue weighted by molar-refractivity contribution is 5.95. The quantitative estimate of drug-likeness (QED) is 0.168. The summed E-state index contributed by atoms with van der Waals surface area (Å²) in [4.78, 5) is 13.6. The first-order chi connectivity index (χ1) is 22.2. The second kappa shape index (κ2) is 13.3. The summed E-state index contributed by atoms with van der Waals surface area (Å²) in [6.45, 7) is 0. The molecule has 0 saturated heterocycles. The minimum atomic E-state index is -5.49. The van der Waals surface area contributed by atoms with Gasteiger partial charge < -0.3 is 14.8 Å². The van der Waals surface area contributed by atoms with Gasteiger partial charge in [-0.15, -0.1) is 13.2 Å². The summed E-state index contributed by atoms with van der Waals surface area (Å²) in [5.74, 6) is -9.17. The van der Waals surface area contributed by atoms with E-state index in [4.69, 9.17) is 0 Å². The second-order valence-corrected chi connectivity index (χ2v) is 10.0. The monoisotopic (exact) mass is 699 g/mol. The molecular weight excluding hydrogens is 681 g/mol. The van der Waals surface area contributed by atoms with Gasteiger partial charge in [-0.05, 0) is 59.2 Å². The van der Waals surface area contributed by atoms with Crippen LogP contribution in [0.3, 0.4) is 0 Å². The molecule has 0 fully saturated rings. The van der Waals surface area contributed by atoms with Crippen LogP contribution in [0.2, 0.25) is 0 Å². The first-order valence-electron chi connectivity index (χ1n) is 13.2. The highest BCUT2D eigenvalue weighted by Gasteiger charge is 2.45. The van der Waals surface area contributed by atoms with Crippen LogP contribution in [0.25, 0.3) is 0 Å². The van der Waals surface area contributed by atoms with Crippen LogP contribution in [0.4, 0.5) is 57.1 Å². The lowest BCUT2D eigenvalue weighted by Crippen LogP contribution is -2.49. The van der Waals surface area contributed by atoms with Gasteiger partial charge in [0.05, 0.1) is 11.1 Å². The van der Waals surface area contributed by atoms with E-state index in [-0.39, 0.29) is 23.8 Å². The molecule has 0 radical (unpaired) electrons. The van der Waals surface area contributed by atoms with Gasteiger partial charge in [0.2, 0.25) is 0 Å². The van der Waals surface area contributed by atoms with Crippen LogP contribution in [0.15, 0.2) is 84.9 Å².